The van der Waals surface area contributed by atoms with Gasteiger partial charge < -0.3 is 9.15 Å². The molecule has 102 valence electrons. The summed E-state index contributed by atoms with van der Waals surface area (Å²) in [6.07, 6.45) is 6.30. The van der Waals surface area contributed by atoms with Crippen LogP contribution in [0.5, 0.6) is 0 Å². The number of hydrogen-bond donors (Lipinski definition) is 0. The molecule has 0 fully saturated rings. The van der Waals surface area contributed by atoms with E-state index in [-0.39, 0.29) is 11.7 Å². The van der Waals surface area contributed by atoms with E-state index in [1.807, 2.05) is 0 Å². The number of ether oxygens (including phenoxy) is 1. The number of esters is 1. The zero-order valence-electron chi connectivity index (χ0n) is 11.6. The van der Waals surface area contributed by atoms with E-state index in [9.17, 15) is 4.79 Å². The van der Waals surface area contributed by atoms with Crippen LogP contribution in [-0.2, 0) is 4.74 Å². The van der Waals surface area contributed by atoms with Crippen molar-refractivity contribution in [2.24, 2.45) is 11.8 Å². The summed E-state index contributed by atoms with van der Waals surface area (Å²) in [7, 11) is 0. The second-order valence-electron chi connectivity index (χ2n) is 5.15. The largest absolute Gasteiger partial charge is 0.460 e. The molecule has 0 radical (unpaired) electrons. The van der Waals surface area contributed by atoms with Gasteiger partial charge in [0.05, 0.1) is 12.9 Å². The third-order valence-electron chi connectivity index (χ3n) is 3.16. The van der Waals surface area contributed by atoms with Crippen molar-refractivity contribution in [2.45, 2.75) is 46.5 Å². The van der Waals surface area contributed by atoms with Crippen LogP contribution in [0.2, 0.25) is 0 Å². The van der Waals surface area contributed by atoms with Crippen molar-refractivity contribution in [1.29, 1.82) is 0 Å². The molecule has 0 aliphatic heterocycles. The maximum absolute atomic E-state index is 11.5. The van der Waals surface area contributed by atoms with Crippen LogP contribution >= 0.6 is 0 Å². The van der Waals surface area contributed by atoms with E-state index in [2.05, 4.69) is 20.8 Å². The van der Waals surface area contributed by atoms with Gasteiger partial charge in [0.2, 0.25) is 5.76 Å². The third-order valence-corrected chi connectivity index (χ3v) is 3.16. The Kier molecular flexibility index (Phi) is 6.55. The van der Waals surface area contributed by atoms with Gasteiger partial charge in [0.25, 0.3) is 0 Å². The monoisotopic (exact) mass is 252 g/mol. The highest BCUT2D eigenvalue weighted by Gasteiger charge is 2.12. The van der Waals surface area contributed by atoms with Gasteiger partial charge >= 0.3 is 5.97 Å². The molecule has 1 heterocycles. The molecule has 0 spiro atoms. The lowest BCUT2D eigenvalue weighted by Gasteiger charge is -2.14. The zero-order valence-corrected chi connectivity index (χ0v) is 11.6. The molecule has 0 aliphatic rings. The van der Waals surface area contributed by atoms with Gasteiger partial charge in [-0.2, -0.15) is 0 Å². The summed E-state index contributed by atoms with van der Waals surface area (Å²) in [4.78, 5) is 11.5. The molecule has 0 bridgehead atoms. The summed E-state index contributed by atoms with van der Waals surface area (Å²) in [6.45, 7) is 7.09. The van der Waals surface area contributed by atoms with E-state index in [1.165, 1.54) is 25.5 Å². The van der Waals surface area contributed by atoms with Gasteiger partial charge in [-0.25, -0.2) is 4.79 Å². The Hall–Kier alpha value is -1.25. The number of carbonyl (C=O) groups is 1. The first-order valence-corrected chi connectivity index (χ1v) is 6.84. The molecule has 2 atom stereocenters. The second kappa shape index (κ2) is 7.96. The molecule has 3 heteroatoms. The van der Waals surface area contributed by atoms with Gasteiger partial charge in [0.1, 0.15) is 0 Å². The van der Waals surface area contributed by atoms with Crippen LogP contribution in [0.15, 0.2) is 22.8 Å². The van der Waals surface area contributed by atoms with Crippen LogP contribution in [0.3, 0.4) is 0 Å². The van der Waals surface area contributed by atoms with Crippen LogP contribution in [0.25, 0.3) is 0 Å². The highest BCUT2D eigenvalue weighted by molar-refractivity contribution is 5.86. The fourth-order valence-corrected chi connectivity index (χ4v) is 1.97. The van der Waals surface area contributed by atoms with Crippen molar-refractivity contribution in [2.75, 3.05) is 6.61 Å². The summed E-state index contributed by atoms with van der Waals surface area (Å²) < 4.78 is 10.2. The molecule has 0 saturated heterocycles. The summed E-state index contributed by atoms with van der Waals surface area (Å²) in [6, 6.07) is 3.31. The fourth-order valence-electron chi connectivity index (χ4n) is 1.97. The summed E-state index contributed by atoms with van der Waals surface area (Å²) in [5.74, 6) is 1.08. The highest BCUT2D eigenvalue weighted by Crippen LogP contribution is 2.17. The first-order valence-electron chi connectivity index (χ1n) is 6.84. The smallest absolute Gasteiger partial charge is 0.374 e. The predicted octanol–water partition coefficient (Wildman–Crippen LogP) is 4.29. The van der Waals surface area contributed by atoms with Crippen LogP contribution in [0.1, 0.15) is 57.0 Å². The van der Waals surface area contributed by atoms with E-state index in [4.69, 9.17) is 9.15 Å². The Labute approximate surface area is 110 Å². The molecule has 0 aromatic carbocycles. The molecule has 1 aromatic heterocycles. The lowest BCUT2D eigenvalue weighted by molar-refractivity contribution is 0.0404. The number of hydrogen-bond acceptors (Lipinski definition) is 3. The minimum Gasteiger partial charge on any atom is -0.460 e. The van der Waals surface area contributed by atoms with Gasteiger partial charge in [-0.1, -0.05) is 40.0 Å². The van der Waals surface area contributed by atoms with E-state index in [1.54, 1.807) is 12.1 Å². The standard InChI is InChI=1S/C15H24O3/c1-4-6-12(2)8-9-13(3)11-18-15(16)14-7-5-10-17-14/h5,7,10,12-13H,4,6,8-9,11H2,1-3H3/t12?,13-/m1/s1. The lowest BCUT2D eigenvalue weighted by Crippen LogP contribution is -2.12. The first-order chi connectivity index (χ1) is 8.63. The maximum atomic E-state index is 11.5. The SMILES string of the molecule is CCCC(C)CC[C@@H](C)COC(=O)c1ccco1. The number of carbonyl (C=O) groups excluding carboxylic acids is 1. The minimum atomic E-state index is -0.367. The van der Waals surface area contributed by atoms with Gasteiger partial charge in [-0.3, -0.25) is 0 Å². The third kappa shape index (κ3) is 5.39. The molecule has 18 heavy (non-hydrogen) atoms. The van der Waals surface area contributed by atoms with E-state index in [0.29, 0.717) is 12.5 Å². The van der Waals surface area contributed by atoms with Crippen molar-refractivity contribution >= 4 is 5.97 Å². The summed E-state index contributed by atoms with van der Waals surface area (Å²) >= 11 is 0. The zero-order chi connectivity index (χ0) is 13.4. The molecular formula is C15H24O3. The second-order valence-corrected chi connectivity index (χ2v) is 5.15. The normalized spacial score (nSPS) is 14.2. The highest BCUT2D eigenvalue weighted by atomic mass is 16.5. The summed E-state index contributed by atoms with van der Waals surface area (Å²) in [5, 5.41) is 0. The topological polar surface area (TPSA) is 39.4 Å². The number of rotatable bonds is 8. The molecule has 0 amide bonds. The van der Waals surface area contributed by atoms with Crippen LogP contribution in [0, 0.1) is 11.8 Å². The first kappa shape index (κ1) is 14.8. The Morgan fingerprint density at radius 2 is 2.00 bits per heavy atom. The Morgan fingerprint density at radius 3 is 2.61 bits per heavy atom. The van der Waals surface area contributed by atoms with E-state index >= 15 is 0 Å². The molecule has 0 aliphatic carbocycles. The quantitative estimate of drug-likeness (QED) is 0.648. The minimum absolute atomic E-state index is 0.279. The molecule has 0 saturated carbocycles. The van der Waals surface area contributed by atoms with Crippen molar-refractivity contribution in [3.05, 3.63) is 24.2 Å². The average Bonchev–Trinajstić information content (AvgIpc) is 2.87. The van der Waals surface area contributed by atoms with E-state index < -0.39 is 0 Å². The Morgan fingerprint density at radius 1 is 1.28 bits per heavy atom. The van der Waals surface area contributed by atoms with Crippen molar-refractivity contribution in [3.8, 4) is 0 Å². The van der Waals surface area contributed by atoms with Crippen LogP contribution < -0.4 is 0 Å². The number of furan rings is 1. The Balaban J connectivity index is 2.17. The van der Waals surface area contributed by atoms with Gasteiger partial charge in [-0.05, 0) is 30.4 Å². The van der Waals surface area contributed by atoms with Crippen molar-refractivity contribution < 1.29 is 13.9 Å². The average molecular weight is 252 g/mol. The van der Waals surface area contributed by atoms with Gasteiger partial charge in [0.15, 0.2) is 0 Å². The fraction of sp³-hybridized carbons (Fsp3) is 0.667. The van der Waals surface area contributed by atoms with E-state index in [0.717, 1.165) is 12.3 Å². The van der Waals surface area contributed by atoms with Crippen molar-refractivity contribution in [3.63, 3.8) is 0 Å². The van der Waals surface area contributed by atoms with Crippen LogP contribution in [0.4, 0.5) is 0 Å². The van der Waals surface area contributed by atoms with Crippen LogP contribution in [-0.4, -0.2) is 12.6 Å². The van der Waals surface area contributed by atoms with Gasteiger partial charge in [0, 0.05) is 0 Å². The van der Waals surface area contributed by atoms with Crippen molar-refractivity contribution in [1.82, 2.24) is 0 Å². The molecule has 1 unspecified atom stereocenters. The lowest BCUT2D eigenvalue weighted by atomic mass is 9.95. The molecule has 1 rings (SSSR count). The maximum Gasteiger partial charge on any atom is 0.374 e. The Bertz CT molecular complexity index is 330. The molecule has 1 aromatic rings. The predicted molar refractivity (Wildman–Crippen MR) is 71.5 cm³/mol. The molecular weight excluding hydrogens is 228 g/mol. The van der Waals surface area contributed by atoms with Gasteiger partial charge in [-0.15, -0.1) is 0 Å². The summed E-state index contributed by atoms with van der Waals surface area (Å²) in [5.41, 5.74) is 0. The molecule has 0 N–H and O–H groups in total. The molecule has 3 nitrogen and oxygen atoms in total.